The number of nitriles is 1. The largest absolute Gasteiger partial charge is 0.396 e. The van der Waals surface area contributed by atoms with Crippen LogP contribution in [-0.2, 0) is 4.79 Å². The zero-order valence-electron chi connectivity index (χ0n) is 16.1. The van der Waals surface area contributed by atoms with Gasteiger partial charge in [-0.25, -0.2) is 0 Å². The van der Waals surface area contributed by atoms with E-state index in [9.17, 15) is 4.79 Å². The second-order valence-corrected chi connectivity index (χ2v) is 7.14. The van der Waals surface area contributed by atoms with Crippen LogP contribution >= 0.6 is 0 Å². The zero-order chi connectivity index (χ0) is 19.4. The van der Waals surface area contributed by atoms with Crippen molar-refractivity contribution < 1.29 is 9.90 Å². The van der Waals surface area contributed by atoms with Crippen LogP contribution in [0.5, 0.6) is 0 Å². The monoisotopic (exact) mass is 356 g/mol. The van der Waals surface area contributed by atoms with Gasteiger partial charge in [0.1, 0.15) is 6.29 Å². The number of allylic oxidation sites excluding steroid dienone is 1. The Morgan fingerprint density at radius 2 is 2.27 bits per heavy atom. The van der Waals surface area contributed by atoms with Gasteiger partial charge < -0.3 is 15.2 Å². The van der Waals surface area contributed by atoms with E-state index in [-0.39, 0.29) is 12.5 Å². The van der Waals surface area contributed by atoms with Crippen LogP contribution in [0.4, 0.5) is 0 Å². The van der Waals surface area contributed by atoms with Gasteiger partial charge in [-0.15, -0.1) is 0 Å². The quantitative estimate of drug-likeness (QED) is 0.575. The molecule has 1 saturated carbocycles. The van der Waals surface area contributed by atoms with Gasteiger partial charge in [-0.3, -0.25) is 0 Å². The molecule has 0 aromatic heterocycles. The number of hydrogen-bond donors (Lipinski definition) is 2. The zero-order valence-corrected chi connectivity index (χ0v) is 16.1. The highest BCUT2D eigenvalue weighted by Gasteiger charge is 2.21. The average Bonchev–Trinajstić information content (AvgIpc) is 2.65. The number of carbonyl (C=O) groups is 1. The van der Waals surface area contributed by atoms with Crippen molar-refractivity contribution in [1.29, 1.82) is 5.26 Å². The van der Waals surface area contributed by atoms with Gasteiger partial charge in [-0.1, -0.05) is 31.2 Å². The smallest absolute Gasteiger partial charge is 0.120 e. The fourth-order valence-electron chi connectivity index (χ4n) is 3.44. The molecule has 3 atom stereocenters. The number of likely N-dealkylation sites (N-methyl/N-ethyl adjacent to an activating group) is 1. The molecule has 0 heterocycles. The molecule has 4 nitrogen and oxygen atoms in total. The summed E-state index contributed by atoms with van der Waals surface area (Å²) in [7, 11) is 1.89. The Morgan fingerprint density at radius 1 is 1.50 bits per heavy atom. The number of nitrogens with zero attached hydrogens (tertiary/aromatic N) is 1. The molecule has 2 rings (SSSR count). The molecule has 0 bridgehead atoms. The number of nitrogens with one attached hydrogen (secondary N) is 1. The Labute approximate surface area is 157 Å². The predicted octanol–water partition coefficient (Wildman–Crippen LogP) is 3.81. The Balaban J connectivity index is 0.000000273. The Morgan fingerprint density at radius 3 is 2.88 bits per heavy atom. The second-order valence-electron chi connectivity index (χ2n) is 7.14. The Kier molecular flexibility index (Phi) is 10.5. The standard InChI is InChI=1S/C12H16N2O.C10H16O/c1-14-9-12(5-6-15)11-4-2-3-10(7-11)8-13;1-8-3-4-9(2)10(7-8)5-6-11/h2-4,7,12,14-15H,5-6,9H2,1H3;6,8,10H,2-5,7H2,1H3. The second kappa shape index (κ2) is 12.4. The lowest BCUT2D eigenvalue weighted by atomic mass is 9.78. The number of benzene rings is 1. The molecule has 0 aliphatic heterocycles. The number of hydrogen-bond acceptors (Lipinski definition) is 4. The van der Waals surface area contributed by atoms with Crippen LogP contribution in [0.25, 0.3) is 0 Å². The highest BCUT2D eigenvalue weighted by atomic mass is 16.3. The molecule has 26 heavy (non-hydrogen) atoms. The molecule has 2 N–H and O–H groups in total. The summed E-state index contributed by atoms with van der Waals surface area (Å²) >= 11 is 0. The van der Waals surface area contributed by atoms with Crippen LogP contribution in [0.3, 0.4) is 0 Å². The fourth-order valence-corrected chi connectivity index (χ4v) is 3.44. The predicted molar refractivity (Wildman–Crippen MR) is 106 cm³/mol. The maximum absolute atomic E-state index is 10.3. The molecule has 1 fully saturated rings. The van der Waals surface area contributed by atoms with Gasteiger partial charge in [0, 0.05) is 19.6 Å². The number of rotatable bonds is 7. The van der Waals surface area contributed by atoms with Crippen molar-refractivity contribution in [2.45, 2.75) is 44.9 Å². The normalized spacial score (nSPS) is 20.5. The first-order valence-electron chi connectivity index (χ1n) is 9.42. The van der Waals surface area contributed by atoms with E-state index in [4.69, 9.17) is 10.4 Å². The summed E-state index contributed by atoms with van der Waals surface area (Å²) in [5.74, 6) is 1.54. The van der Waals surface area contributed by atoms with E-state index in [1.807, 2.05) is 25.2 Å². The highest BCUT2D eigenvalue weighted by molar-refractivity contribution is 5.50. The maximum atomic E-state index is 10.3. The van der Waals surface area contributed by atoms with Gasteiger partial charge in [0.05, 0.1) is 11.6 Å². The molecule has 0 saturated heterocycles. The van der Waals surface area contributed by atoms with Gasteiger partial charge >= 0.3 is 0 Å². The molecule has 1 aliphatic rings. The van der Waals surface area contributed by atoms with Crippen molar-refractivity contribution in [3.05, 3.63) is 47.5 Å². The van der Waals surface area contributed by atoms with Gasteiger partial charge in [0.2, 0.25) is 0 Å². The van der Waals surface area contributed by atoms with E-state index >= 15 is 0 Å². The van der Waals surface area contributed by atoms with Crippen LogP contribution in [0.15, 0.2) is 36.4 Å². The first kappa shape index (κ1) is 22.1. The number of carbonyl (C=O) groups excluding carboxylic acids is 1. The average molecular weight is 357 g/mol. The van der Waals surface area contributed by atoms with E-state index in [0.29, 0.717) is 17.9 Å². The molecule has 0 radical (unpaired) electrons. The lowest BCUT2D eigenvalue weighted by Crippen LogP contribution is -2.18. The first-order chi connectivity index (χ1) is 12.5. The first-order valence-corrected chi connectivity index (χ1v) is 9.42. The molecule has 4 heteroatoms. The number of aldehydes is 1. The minimum atomic E-state index is 0.170. The highest BCUT2D eigenvalue weighted by Crippen LogP contribution is 2.33. The molecule has 1 aliphatic carbocycles. The lowest BCUT2D eigenvalue weighted by molar-refractivity contribution is -0.108. The van der Waals surface area contributed by atoms with Crippen molar-refractivity contribution in [3.8, 4) is 6.07 Å². The van der Waals surface area contributed by atoms with Crippen LogP contribution in [-0.4, -0.2) is 31.6 Å². The number of aliphatic hydroxyl groups is 1. The van der Waals surface area contributed by atoms with Gasteiger partial charge in [-0.05, 0) is 68.2 Å². The summed E-state index contributed by atoms with van der Waals surface area (Å²) in [6.07, 6.45) is 5.97. The van der Waals surface area contributed by atoms with E-state index in [2.05, 4.69) is 24.9 Å². The van der Waals surface area contributed by atoms with Crippen molar-refractivity contribution in [2.24, 2.45) is 11.8 Å². The SMILES string of the molecule is C=C1CCC(C)CC1CC=O.CNCC(CCO)c1cccc(C#N)c1. The molecular formula is C22H32N2O2. The van der Waals surface area contributed by atoms with Gasteiger partial charge in [0.25, 0.3) is 0 Å². The topological polar surface area (TPSA) is 73.1 Å². The Hall–Kier alpha value is -1.96. The molecule has 0 spiro atoms. The summed E-state index contributed by atoms with van der Waals surface area (Å²) < 4.78 is 0. The van der Waals surface area contributed by atoms with Crippen LogP contribution in [0.2, 0.25) is 0 Å². The summed E-state index contributed by atoms with van der Waals surface area (Å²) in [6, 6.07) is 9.68. The minimum absolute atomic E-state index is 0.170. The van der Waals surface area contributed by atoms with Gasteiger partial charge in [0.15, 0.2) is 0 Å². The third kappa shape index (κ3) is 7.51. The fraction of sp³-hybridized carbons (Fsp3) is 0.545. The molecule has 142 valence electrons. The molecule has 3 unspecified atom stereocenters. The third-order valence-electron chi connectivity index (χ3n) is 5.02. The minimum Gasteiger partial charge on any atom is -0.396 e. The number of aliphatic hydroxyl groups excluding tert-OH is 1. The van der Waals surface area contributed by atoms with Gasteiger partial charge in [-0.2, -0.15) is 5.26 Å². The summed E-state index contributed by atoms with van der Waals surface area (Å²) in [5, 5.41) is 20.8. The van der Waals surface area contributed by atoms with Crippen molar-refractivity contribution in [3.63, 3.8) is 0 Å². The van der Waals surface area contributed by atoms with E-state index in [1.54, 1.807) is 6.07 Å². The van der Waals surface area contributed by atoms with Crippen molar-refractivity contribution in [1.82, 2.24) is 5.32 Å². The van der Waals surface area contributed by atoms with Crippen LogP contribution < -0.4 is 5.32 Å². The van der Waals surface area contributed by atoms with Crippen LogP contribution in [0, 0.1) is 23.2 Å². The van der Waals surface area contributed by atoms with E-state index in [1.165, 1.54) is 12.0 Å². The molecule has 1 aromatic rings. The summed E-state index contributed by atoms with van der Waals surface area (Å²) in [4.78, 5) is 10.3. The van der Waals surface area contributed by atoms with E-state index < -0.39 is 0 Å². The summed E-state index contributed by atoms with van der Waals surface area (Å²) in [6.45, 7) is 7.23. The van der Waals surface area contributed by atoms with Crippen LogP contribution in [0.1, 0.15) is 56.1 Å². The lowest BCUT2D eigenvalue weighted by Gasteiger charge is -2.27. The van der Waals surface area contributed by atoms with Crippen molar-refractivity contribution in [2.75, 3.05) is 20.2 Å². The molecular weight excluding hydrogens is 324 g/mol. The van der Waals surface area contributed by atoms with E-state index in [0.717, 1.165) is 43.6 Å². The third-order valence-corrected chi connectivity index (χ3v) is 5.02. The Bertz CT molecular complexity index is 600. The van der Waals surface area contributed by atoms with Crippen molar-refractivity contribution >= 4 is 6.29 Å². The summed E-state index contributed by atoms with van der Waals surface area (Å²) in [5.41, 5.74) is 3.07. The molecule has 0 amide bonds. The maximum Gasteiger partial charge on any atom is 0.120 e. The molecule has 1 aromatic carbocycles.